The molecule has 1 aliphatic rings. The lowest BCUT2D eigenvalue weighted by Crippen LogP contribution is -2.30. The van der Waals surface area contributed by atoms with Gasteiger partial charge in [-0.15, -0.1) is 0 Å². The third-order valence-electron chi connectivity index (χ3n) is 4.93. The van der Waals surface area contributed by atoms with E-state index in [0.717, 1.165) is 16.3 Å². The van der Waals surface area contributed by atoms with Crippen LogP contribution >= 0.6 is 0 Å². The summed E-state index contributed by atoms with van der Waals surface area (Å²) in [6.07, 6.45) is -4.12. The zero-order valence-electron chi connectivity index (χ0n) is 12.3. The van der Waals surface area contributed by atoms with E-state index in [1.165, 1.54) is 0 Å². The molecule has 0 radical (unpaired) electrons. The van der Waals surface area contributed by atoms with Crippen LogP contribution in [0.3, 0.4) is 0 Å². The first kappa shape index (κ1) is 14.3. The Bertz CT molecular complexity index is 851. The van der Waals surface area contributed by atoms with Gasteiger partial charge in [0.2, 0.25) is 0 Å². The molecule has 0 aliphatic heterocycles. The first-order valence-corrected chi connectivity index (χ1v) is 7.63. The van der Waals surface area contributed by atoms with Gasteiger partial charge in [-0.1, -0.05) is 72.8 Å². The van der Waals surface area contributed by atoms with Crippen LogP contribution in [0.15, 0.2) is 72.8 Å². The van der Waals surface area contributed by atoms with Gasteiger partial charge in [0.05, 0.1) is 5.41 Å². The van der Waals surface area contributed by atoms with E-state index in [1.54, 1.807) is 30.3 Å². The smallest absolute Gasteiger partial charge is 0.170 e. The monoisotopic (exact) mass is 312 g/mol. The molecule has 3 aromatic rings. The number of hydrogen-bond donors (Lipinski definition) is 0. The standard InChI is InChI=1S/C20H15F3/c21-20(22,23)19(17-8-2-1-3-9-17)13-18(19)16-11-10-14-6-4-5-7-15(14)12-16/h1-12,18H,13H2/t18-,19-/m0/s1. The molecule has 0 unspecified atom stereocenters. The van der Waals surface area contributed by atoms with Crippen LogP contribution in [0.2, 0.25) is 0 Å². The maximum atomic E-state index is 13.8. The Kier molecular flexibility index (Phi) is 3.02. The zero-order chi connectivity index (χ0) is 16.1. The van der Waals surface area contributed by atoms with Crippen LogP contribution in [0.5, 0.6) is 0 Å². The lowest BCUT2D eigenvalue weighted by molar-refractivity contribution is -0.162. The minimum absolute atomic E-state index is 0.124. The molecule has 0 aromatic heterocycles. The summed E-state index contributed by atoms with van der Waals surface area (Å²) in [5.41, 5.74) is -0.605. The summed E-state index contributed by atoms with van der Waals surface area (Å²) < 4.78 is 41.5. The zero-order valence-corrected chi connectivity index (χ0v) is 12.3. The van der Waals surface area contributed by atoms with E-state index in [9.17, 15) is 13.2 Å². The van der Waals surface area contributed by atoms with Crippen molar-refractivity contribution in [2.45, 2.75) is 23.9 Å². The second-order valence-corrected chi connectivity index (χ2v) is 6.20. The van der Waals surface area contributed by atoms with Gasteiger partial charge in [0.1, 0.15) is 0 Å². The number of halogens is 3. The SMILES string of the molecule is FC(F)(F)[C@]1(c2ccccc2)C[C@H]1c1ccc2ccccc2c1. The third-order valence-corrected chi connectivity index (χ3v) is 4.93. The summed E-state index contributed by atoms with van der Waals surface area (Å²) in [6.45, 7) is 0. The van der Waals surface area contributed by atoms with Crippen LogP contribution in [0.25, 0.3) is 10.8 Å². The van der Waals surface area contributed by atoms with Crippen LogP contribution in [0.4, 0.5) is 13.2 Å². The molecule has 0 nitrogen and oxygen atoms in total. The maximum absolute atomic E-state index is 13.8. The second-order valence-electron chi connectivity index (χ2n) is 6.20. The predicted molar refractivity (Wildman–Crippen MR) is 85.5 cm³/mol. The molecule has 1 fully saturated rings. The van der Waals surface area contributed by atoms with Gasteiger partial charge in [-0.05, 0) is 28.3 Å². The third kappa shape index (κ3) is 2.14. The molecule has 0 spiro atoms. The first-order chi connectivity index (χ1) is 11.0. The van der Waals surface area contributed by atoms with E-state index in [0.29, 0.717) is 5.56 Å². The molecule has 0 heterocycles. The van der Waals surface area contributed by atoms with Gasteiger partial charge in [-0.3, -0.25) is 0 Å². The Balaban J connectivity index is 1.80. The van der Waals surface area contributed by atoms with E-state index in [1.807, 2.05) is 42.5 Å². The highest BCUT2D eigenvalue weighted by molar-refractivity contribution is 5.83. The molecule has 23 heavy (non-hydrogen) atoms. The quantitative estimate of drug-likeness (QED) is 0.558. The van der Waals surface area contributed by atoms with Crippen molar-refractivity contribution < 1.29 is 13.2 Å². The summed E-state index contributed by atoms with van der Waals surface area (Å²) in [4.78, 5) is 0. The molecular weight excluding hydrogens is 297 g/mol. The largest absolute Gasteiger partial charge is 0.399 e. The van der Waals surface area contributed by atoms with Crippen LogP contribution in [0.1, 0.15) is 23.5 Å². The highest BCUT2D eigenvalue weighted by atomic mass is 19.4. The number of benzene rings is 3. The van der Waals surface area contributed by atoms with Gasteiger partial charge in [0.25, 0.3) is 0 Å². The molecule has 0 bridgehead atoms. The van der Waals surface area contributed by atoms with Crippen molar-refractivity contribution in [1.29, 1.82) is 0 Å². The van der Waals surface area contributed by atoms with Crippen molar-refractivity contribution in [3.05, 3.63) is 83.9 Å². The number of alkyl halides is 3. The van der Waals surface area contributed by atoms with Crippen LogP contribution in [-0.4, -0.2) is 6.18 Å². The van der Waals surface area contributed by atoms with Crippen LogP contribution in [-0.2, 0) is 5.41 Å². The molecular formula is C20H15F3. The van der Waals surface area contributed by atoms with Crippen molar-refractivity contribution in [3.8, 4) is 0 Å². The molecule has 1 saturated carbocycles. The Morgan fingerprint density at radius 2 is 1.43 bits per heavy atom. The fourth-order valence-electron chi connectivity index (χ4n) is 3.62. The minimum Gasteiger partial charge on any atom is -0.170 e. The maximum Gasteiger partial charge on any atom is 0.399 e. The molecule has 116 valence electrons. The molecule has 0 saturated heterocycles. The summed E-state index contributed by atoms with van der Waals surface area (Å²) in [5.74, 6) is -0.505. The van der Waals surface area contributed by atoms with E-state index in [2.05, 4.69) is 0 Å². The fraction of sp³-hybridized carbons (Fsp3) is 0.200. The molecule has 3 aromatic carbocycles. The number of fused-ring (bicyclic) bond motifs is 1. The Hall–Kier alpha value is -2.29. The lowest BCUT2D eigenvalue weighted by atomic mass is 9.89. The van der Waals surface area contributed by atoms with Crippen molar-refractivity contribution >= 4 is 10.8 Å². The van der Waals surface area contributed by atoms with Gasteiger partial charge >= 0.3 is 6.18 Å². The van der Waals surface area contributed by atoms with E-state index < -0.39 is 17.5 Å². The Morgan fingerprint density at radius 3 is 2.13 bits per heavy atom. The molecule has 3 heteroatoms. The molecule has 4 rings (SSSR count). The van der Waals surface area contributed by atoms with Gasteiger partial charge in [0, 0.05) is 5.92 Å². The lowest BCUT2D eigenvalue weighted by Gasteiger charge is -2.22. The van der Waals surface area contributed by atoms with E-state index >= 15 is 0 Å². The highest BCUT2D eigenvalue weighted by Crippen LogP contribution is 2.68. The Labute approximate surface area is 132 Å². The van der Waals surface area contributed by atoms with E-state index in [-0.39, 0.29) is 6.42 Å². The van der Waals surface area contributed by atoms with Gasteiger partial charge < -0.3 is 0 Å². The van der Waals surface area contributed by atoms with Gasteiger partial charge in [-0.2, -0.15) is 13.2 Å². The van der Waals surface area contributed by atoms with Crippen molar-refractivity contribution in [2.24, 2.45) is 0 Å². The first-order valence-electron chi connectivity index (χ1n) is 7.63. The normalized spacial score (nSPS) is 23.9. The summed E-state index contributed by atoms with van der Waals surface area (Å²) >= 11 is 0. The van der Waals surface area contributed by atoms with Crippen molar-refractivity contribution in [2.75, 3.05) is 0 Å². The topological polar surface area (TPSA) is 0 Å². The summed E-state index contributed by atoms with van der Waals surface area (Å²) in [7, 11) is 0. The molecule has 1 aliphatic carbocycles. The minimum atomic E-state index is -4.25. The van der Waals surface area contributed by atoms with Crippen LogP contribution < -0.4 is 0 Å². The Morgan fingerprint density at radius 1 is 0.783 bits per heavy atom. The average molecular weight is 312 g/mol. The number of rotatable bonds is 2. The van der Waals surface area contributed by atoms with E-state index in [4.69, 9.17) is 0 Å². The average Bonchev–Trinajstić information content (AvgIpc) is 3.32. The number of hydrogen-bond acceptors (Lipinski definition) is 0. The fourth-order valence-corrected chi connectivity index (χ4v) is 3.62. The second kappa shape index (κ2) is 4.85. The predicted octanol–water partition coefficient (Wildman–Crippen LogP) is 5.83. The molecule has 2 atom stereocenters. The van der Waals surface area contributed by atoms with Crippen molar-refractivity contribution in [3.63, 3.8) is 0 Å². The summed E-state index contributed by atoms with van der Waals surface area (Å²) in [5, 5.41) is 2.04. The van der Waals surface area contributed by atoms with Gasteiger partial charge in [0.15, 0.2) is 0 Å². The molecule has 0 amide bonds. The van der Waals surface area contributed by atoms with Crippen molar-refractivity contribution in [1.82, 2.24) is 0 Å². The summed E-state index contributed by atoms with van der Waals surface area (Å²) in [6, 6.07) is 21.7. The highest BCUT2D eigenvalue weighted by Gasteiger charge is 2.71. The molecule has 0 N–H and O–H groups in total. The van der Waals surface area contributed by atoms with Gasteiger partial charge in [-0.25, -0.2) is 0 Å². The van der Waals surface area contributed by atoms with Crippen LogP contribution in [0, 0.1) is 0 Å².